The highest BCUT2D eigenvalue weighted by Crippen LogP contribution is 2.23. The van der Waals surface area contributed by atoms with Crippen molar-refractivity contribution in [1.29, 1.82) is 0 Å². The molecule has 0 radical (unpaired) electrons. The SMILES string of the molecule is CC(C)CC1CN(CCN)CCC1O. The lowest BCUT2D eigenvalue weighted by atomic mass is 9.87. The summed E-state index contributed by atoms with van der Waals surface area (Å²) in [5.74, 6) is 1.13. The van der Waals surface area contributed by atoms with Gasteiger partial charge in [-0.3, -0.25) is 0 Å². The van der Waals surface area contributed by atoms with Crippen molar-refractivity contribution in [3.05, 3.63) is 0 Å². The van der Waals surface area contributed by atoms with Crippen LogP contribution in [0.3, 0.4) is 0 Å². The fourth-order valence-corrected chi connectivity index (χ4v) is 2.32. The molecule has 84 valence electrons. The third kappa shape index (κ3) is 3.56. The first kappa shape index (κ1) is 12.0. The van der Waals surface area contributed by atoms with E-state index in [2.05, 4.69) is 18.7 Å². The average molecular weight is 200 g/mol. The molecule has 0 aromatic rings. The first-order valence-corrected chi connectivity index (χ1v) is 5.74. The molecular weight excluding hydrogens is 176 g/mol. The van der Waals surface area contributed by atoms with Gasteiger partial charge in [-0.05, 0) is 24.7 Å². The van der Waals surface area contributed by atoms with Gasteiger partial charge in [-0.25, -0.2) is 0 Å². The number of nitrogens with zero attached hydrogens (tertiary/aromatic N) is 1. The van der Waals surface area contributed by atoms with Crippen molar-refractivity contribution in [3.8, 4) is 0 Å². The fourth-order valence-electron chi connectivity index (χ4n) is 2.32. The summed E-state index contributed by atoms with van der Waals surface area (Å²) in [7, 11) is 0. The van der Waals surface area contributed by atoms with E-state index >= 15 is 0 Å². The predicted octanol–water partition coefficient (Wildman–Crippen LogP) is 0.674. The number of rotatable bonds is 4. The molecule has 2 atom stereocenters. The standard InChI is InChI=1S/C11H24N2O/c1-9(2)7-10-8-13(6-4-12)5-3-11(10)14/h9-11,14H,3-8,12H2,1-2H3. The Kier molecular flexibility index (Phi) is 4.85. The Morgan fingerprint density at radius 2 is 2.21 bits per heavy atom. The highest BCUT2D eigenvalue weighted by Gasteiger charge is 2.27. The number of aliphatic hydroxyl groups excluding tert-OH is 1. The van der Waals surface area contributed by atoms with Gasteiger partial charge in [0.1, 0.15) is 0 Å². The van der Waals surface area contributed by atoms with E-state index in [-0.39, 0.29) is 6.10 Å². The van der Waals surface area contributed by atoms with Crippen LogP contribution in [0, 0.1) is 11.8 Å². The van der Waals surface area contributed by atoms with Gasteiger partial charge >= 0.3 is 0 Å². The Morgan fingerprint density at radius 3 is 2.79 bits per heavy atom. The quantitative estimate of drug-likeness (QED) is 0.701. The van der Waals surface area contributed by atoms with Crippen molar-refractivity contribution in [2.24, 2.45) is 17.6 Å². The zero-order valence-electron chi connectivity index (χ0n) is 9.45. The lowest BCUT2D eigenvalue weighted by Crippen LogP contribution is -2.45. The summed E-state index contributed by atoms with van der Waals surface area (Å²) in [6.07, 6.45) is 1.95. The van der Waals surface area contributed by atoms with Crippen LogP contribution in [-0.4, -0.2) is 42.3 Å². The van der Waals surface area contributed by atoms with Crippen LogP contribution in [0.4, 0.5) is 0 Å². The van der Waals surface area contributed by atoms with Gasteiger partial charge in [-0.15, -0.1) is 0 Å². The summed E-state index contributed by atoms with van der Waals surface area (Å²) in [6, 6.07) is 0. The van der Waals surface area contributed by atoms with Crippen LogP contribution in [0.5, 0.6) is 0 Å². The van der Waals surface area contributed by atoms with Crippen molar-refractivity contribution >= 4 is 0 Å². The second-order valence-electron chi connectivity index (χ2n) is 4.83. The van der Waals surface area contributed by atoms with E-state index in [4.69, 9.17) is 5.73 Å². The Bertz CT molecular complexity index is 161. The summed E-state index contributed by atoms with van der Waals surface area (Å²) >= 11 is 0. The molecule has 1 saturated heterocycles. The average Bonchev–Trinajstić information content (AvgIpc) is 2.10. The van der Waals surface area contributed by atoms with E-state index in [1.54, 1.807) is 0 Å². The number of hydrogen-bond donors (Lipinski definition) is 2. The molecule has 1 rings (SSSR count). The third-order valence-electron chi connectivity index (χ3n) is 3.00. The minimum absolute atomic E-state index is 0.0913. The maximum absolute atomic E-state index is 9.85. The fraction of sp³-hybridized carbons (Fsp3) is 1.00. The van der Waals surface area contributed by atoms with Crippen molar-refractivity contribution in [2.45, 2.75) is 32.8 Å². The summed E-state index contributed by atoms with van der Waals surface area (Å²) < 4.78 is 0. The topological polar surface area (TPSA) is 49.5 Å². The van der Waals surface area contributed by atoms with Crippen molar-refractivity contribution in [1.82, 2.24) is 4.90 Å². The van der Waals surface area contributed by atoms with Crippen molar-refractivity contribution in [3.63, 3.8) is 0 Å². The lowest BCUT2D eigenvalue weighted by molar-refractivity contribution is 0.0188. The molecule has 0 aromatic carbocycles. The number of likely N-dealkylation sites (tertiary alicyclic amines) is 1. The number of aliphatic hydroxyl groups is 1. The molecule has 1 aliphatic rings. The number of piperidine rings is 1. The van der Waals surface area contributed by atoms with Gasteiger partial charge in [0.05, 0.1) is 6.10 Å². The van der Waals surface area contributed by atoms with E-state index in [0.29, 0.717) is 11.8 Å². The molecule has 0 amide bonds. The molecule has 0 saturated carbocycles. The van der Waals surface area contributed by atoms with Crippen molar-refractivity contribution in [2.75, 3.05) is 26.2 Å². The molecule has 3 N–H and O–H groups in total. The molecule has 14 heavy (non-hydrogen) atoms. The van der Waals surface area contributed by atoms with E-state index in [1.807, 2.05) is 0 Å². The summed E-state index contributed by atoms with van der Waals surface area (Å²) in [4.78, 5) is 2.37. The van der Waals surface area contributed by atoms with E-state index < -0.39 is 0 Å². The molecule has 0 spiro atoms. The minimum atomic E-state index is -0.0913. The zero-order chi connectivity index (χ0) is 10.6. The zero-order valence-corrected chi connectivity index (χ0v) is 9.45. The molecule has 1 aliphatic heterocycles. The van der Waals surface area contributed by atoms with Gasteiger partial charge < -0.3 is 15.7 Å². The van der Waals surface area contributed by atoms with Gasteiger partial charge in [-0.2, -0.15) is 0 Å². The summed E-state index contributed by atoms with van der Waals surface area (Å²) in [6.45, 7) is 8.17. The molecule has 0 aliphatic carbocycles. The van der Waals surface area contributed by atoms with E-state index in [1.165, 1.54) is 0 Å². The van der Waals surface area contributed by atoms with Crippen LogP contribution in [0.2, 0.25) is 0 Å². The van der Waals surface area contributed by atoms with Gasteiger partial charge in [0.25, 0.3) is 0 Å². The largest absolute Gasteiger partial charge is 0.393 e. The maximum atomic E-state index is 9.85. The second kappa shape index (κ2) is 5.69. The van der Waals surface area contributed by atoms with Gasteiger partial charge in [0, 0.05) is 26.2 Å². The van der Waals surface area contributed by atoms with Crippen LogP contribution in [0.1, 0.15) is 26.7 Å². The second-order valence-corrected chi connectivity index (χ2v) is 4.83. The molecule has 2 unspecified atom stereocenters. The Balaban J connectivity index is 2.38. The van der Waals surface area contributed by atoms with Crippen LogP contribution in [0.25, 0.3) is 0 Å². The summed E-state index contributed by atoms with van der Waals surface area (Å²) in [5.41, 5.74) is 5.54. The third-order valence-corrected chi connectivity index (χ3v) is 3.00. The Hall–Kier alpha value is -0.120. The predicted molar refractivity (Wildman–Crippen MR) is 59.1 cm³/mol. The van der Waals surface area contributed by atoms with Crippen LogP contribution >= 0.6 is 0 Å². The molecule has 1 fully saturated rings. The smallest absolute Gasteiger partial charge is 0.0592 e. The number of nitrogens with two attached hydrogens (primary N) is 1. The monoisotopic (exact) mass is 200 g/mol. The minimum Gasteiger partial charge on any atom is -0.393 e. The van der Waals surface area contributed by atoms with Crippen LogP contribution in [0.15, 0.2) is 0 Å². The van der Waals surface area contributed by atoms with Crippen molar-refractivity contribution < 1.29 is 5.11 Å². The molecule has 0 bridgehead atoms. The molecule has 3 nitrogen and oxygen atoms in total. The first-order valence-electron chi connectivity index (χ1n) is 5.74. The molecule has 1 heterocycles. The normalized spacial score (nSPS) is 29.8. The van der Waals surface area contributed by atoms with Gasteiger partial charge in [0.2, 0.25) is 0 Å². The Labute approximate surface area is 87.3 Å². The molecule has 3 heteroatoms. The van der Waals surface area contributed by atoms with E-state index in [9.17, 15) is 5.11 Å². The van der Waals surface area contributed by atoms with Gasteiger partial charge in [0.15, 0.2) is 0 Å². The van der Waals surface area contributed by atoms with Gasteiger partial charge in [-0.1, -0.05) is 13.8 Å². The Morgan fingerprint density at radius 1 is 1.50 bits per heavy atom. The van der Waals surface area contributed by atoms with Crippen LogP contribution < -0.4 is 5.73 Å². The molecule has 0 aromatic heterocycles. The lowest BCUT2D eigenvalue weighted by Gasteiger charge is -2.36. The maximum Gasteiger partial charge on any atom is 0.0592 e. The van der Waals surface area contributed by atoms with Crippen LogP contribution in [-0.2, 0) is 0 Å². The first-order chi connectivity index (χ1) is 6.63. The molecular formula is C11H24N2O. The highest BCUT2D eigenvalue weighted by molar-refractivity contribution is 4.80. The summed E-state index contributed by atoms with van der Waals surface area (Å²) in [5, 5.41) is 9.85. The highest BCUT2D eigenvalue weighted by atomic mass is 16.3. The number of hydrogen-bond acceptors (Lipinski definition) is 3. The van der Waals surface area contributed by atoms with E-state index in [0.717, 1.165) is 39.0 Å².